The summed E-state index contributed by atoms with van der Waals surface area (Å²) in [6.45, 7) is -2.88. The van der Waals surface area contributed by atoms with Crippen molar-refractivity contribution in [2.45, 2.75) is 318 Å². The molecule has 9 aliphatic rings. The van der Waals surface area contributed by atoms with Crippen LogP contribution in [-0.2, 0) is 104 Å². The topological polar surface area (TPSA) is 768 Å². The van der Waals surface area contributed by atoms with E-state index in [1.54, 1.807) is 0 Å². The number of nitrogens with one attached hydrogen (secondary N) is 5. The molecule has 0 bridgehead atoms. The Hall–Kier alpha value is -4.25. The fourth-order valence-electron chi connectivity index (χ4n) is 14.7. The summed E-state index contributed by atoms with van der Waals surface area (Å²) < 4.78 is 104. The van der Waals surface area contributed by atoms with E-state index in [1.807, 2.05) is 0 Å². The van der Waals surface area contributed by atoms with Crippen molar-refractivity contribution >= 4 is 29.5 Å². The van der Waals surface area contributed by atoms with Crippen LogP contribution in [0.2, 0.25) is 0 Å². The third-order valence-corrected chi connectivity index (χ3v) is 20.7. The van der Waals surface area contributed by atoms with E-state index in [-0.39, 0.29) is 0 Å². The highest BCUT2D eigenvalue weighted by molar-refractivity contribution is 5.75. The summed E-state index contributed by atoms with van der Waals surface area (Å²) in [6.07, 6.45) is -83.8. The van der Waals surface area contributed by atoms with Crippen LogP contribution in [0.1, 0.15) is 41.5 Å². The Labute approximate surface area is 646 Å². The summed E-state index contributed by atoms with van der Waals surface area (Å²) in [6, 6.07) is -9.44. The molecule has 114 heavy (non-hydrogen) atoms. The van der Waals surface area contributed by atoms with E-state index in [0.717, 1.165) is 34.6 Å². The van der Waals surface area contributed by atoms with Gasteiger partial charge in [-0.3, -0.25) is 24.0 Å². The van der Waals surface area contributed by atoms with E-state index < -0.39 is 358 Å². The summed E-state index contributed by atoms with van der Waals surface area (Å²) in [5.41, 5.74) is 0. The number of carbonyl (C=O) groups is 5. The molecule has 50 heteroatoms. The number of hydrogen-bond donors (Lipinski definition) is 28. The van der Waals surface area contributed by atoms with Gasteiger partial charge in [-0.25, -0.2) is 0 Å². The third kappa shape index (κ3) is 21.0. The van der Waals surface area contributed by atoms with Gasteiger partial charge in [0.25, 0.3) is 0 Å². The second-order valence-corrected chi connectivity index (χ2v) is 28.9. The normalized spacial score (nSPS) is 48.2. The van der Waals surface area contributed by atoms with E-state index in [4.69, 9.17) is 80.5 Å². The largest absolute Gasteiger partial charge is 0.394 e. The van der Waals surface area contributed by atoms with Gasteiger partial charge < -0.3 is 225 Å². The number of ether oxygens (including phenoxy) is 17. The van der Waals surface area contributed by atoms with Crippen LogP contribution < -0.4 is 26.6 Å². The van der Waals surface area contributed by atoms with Gasteiger partial charge in [0.1, 0.15) is 213 Å². The summed E-state index contributed by atoms with van der Waals surface area (Å²) in [7, 11) is 0. The molecule has 0 spiro atoms. The van der Waals surface area contributed by atoms with Crippen molar-refractivity contribution in [3.8, 4) is 0 Å². The Morgan fingerprint density at radius 2 is 0.535 bits per heavy atom. The Morgan fingerprint density at radius 1 is 0.246 bits per heavy atom. The molecule has 9 saturated heterocycles. The fraction of sp³-hybridized carbons (Fsp3) is 0.922. The maximum atomic E-state index is 13.3. The monoisotopic (exact) mass is 1670 g/mol. The molecule has 28 N–H and O–H groups in total. The predicted molar refractivity (Wildman–Crippen MR) is 354 cm³/mol. The van der Waals surface area contributed by atoms with Crippen LogP contribution in [0, 0.1) is 0 Å². The minimum Gasteiger partial charge on any atom is -0.394 e. The highest BCUT2D eigenvalue weighted by Gasteiger charge is 2.61. The minimum atomic E-state index is -2.70. The number of hydrogen-bond acceptors (Lipinski definition) is 45. The summed E-state index contributed by atoms with van der Waals surface area (Å²) in [5, 5.41) is 270. The highest BCUT2D eigenvalue weighted by atomic mass is 16.8. The minimum absolute atomic E-state index is 0.845. The Kier molecular flexibility index (Phi) is 33.6. The van der Waals surface area contributed by atoms with Crippen LogP contribution in [-0.4, -0.2) is 476 Å². The number of rotatable bonds is 29. The van der Waals surface area contributed by atoms with Crippen molar-refractivity contribution in [2.24, 2.45) is 0 Å². The molecule has 0 aliphatic carbocycles. The second-order valence-electron chi connectivity index (χ2n) is 28.9. The molecular formula is C64H107N5O45. The van der Waals surface area contributed by atoms with Crippen LogP contribution in [0.25, 0.3) is 0 Å². The number of aliphatic hydroxyl groups excluding tert-OH is 23. The zero-order chi connectivity index (χ0) is 84.1. The van der Waals surface area contributed by atoms with Crippen molar-refractivity contribution in [3.63, 3.8) is 0 Å². The zero-order valence-electron chi connectivity index (χ0n) is 61.9. The van der Waals surface area contributed by atoms with Gasteiger partial charge in [0.15, 0.2) is 56.6 Å². The maximum Gasteiger partial charge on any atom is 0.217 e. The van der Waals surface area contributed by atoms with Gasteiger partial charge in [0, 0.05) is 34.6 Å². The molecule has 9 heterocycles. The third-order valence-electron chi connectivity index (χ3n) is 20.7. The molecule has 1 unspecified atom stereocenters. The predicted octanol–water partition coefficient (Wildman–Crippen LogP) is -18.9. The average molecular weight is 1670 g/mol. The average Bonchev–Trinajstić information content (AvgIpc) is 0.761. The summed E-state index contributed by atoms with van der Waals surface area (Å²) in [4.78, 5) is 64.1. The first kappa shape index (κ1) is 93.6. The van der Waals surface area contributed by atoms with Crippen LogP contribution >= 0.6 is 0 Å². The first-order valence-electron chi connectivity index (χ1n) is 36.5. The summed E-state index contributed by atoms with van der Waals surface area (Å²) >= 11 is 0. The van der Waals surface area contributed by atoms with Gasteiger partial charge in [0.2, 0.25) is 29.5 Å². The van der Waals surface area contributed by atoms with E-state index in [0.29, 0.717) is 0 Å². The Bertz CT molecular complexity index is 3080. The van der Waals surface area contributed by atoms with Crippen LogP contribution in [0.4, 0.5) is 0 Å². The molecule has 5 amide bonds. The lowest BCUT2D eigenvalue weighted by Crippen LogP contribution is -2.71. The van der Waals surface area contributed by atoms with E-state index >= 15 is 0 Å². The summed E-state index contributed by atoms with van der Waals surface area (Å²) in [5.74, 6) is -4.59. The van der Waals surface area contributed by atoms with Crippen LogP contribution in [0.5, 0.6) is 0 Å². The van der Waals surface area contributed by atoms with Crippen LogP contribution in [0.3, 0.4) is 0 Å². The smallest absolute Gasteiger partial charge is 0.217 e. The molecule has 9 rings (SSSR count). The van der Waals surface area contributed by atoms with Crippen molar-refractivity contribution < 1.29 is 222 Å². The first-order valence-corrected chi connectivity index (χ1v) is 36.5. The van der Waals surface area contributed by atoms with E-state index in [1.165, 1.54) is 6.92 Å². The molecule has 0 radical (unpaired) electrons. The molecule has 0 saturated carbocycles. The van der Waals surface area contributed by atoms with Gasteiger partial charge in [-0.2, -0.15) is 0 Å². The Balaban J connectivity index is 1.16. The maximum absolute atomic E-state index is 13.3. The van der Waals surface area contributed by atoms with Crippen LogP contribution in [0.15, 0.2) is 0 Å². The van der Waals surface area contributed by atoms with Gasteiger partial charge in [-0.05, 0) is 6.92 Å². The second kappa shape index (κ2) is 40.9. The van der Waals surface area contributed by atoms with E-state index in [2.05, 4.69) is 26.6 Å². The SMILES string of the molecule is CC(=O)N[C@H]1[C@H](O[C@H]2[C@H](O)[C@@H](NC(C)=O)C(O)O[C@@H]2CO[C@@H]2O[C@@H](C)[C@@H](O)[C@@H](O)[C@@H]2O)O[C@H](CO)[C@@H](O[C@@H]2O[C@H](CO[C@H]3O[C@H](CO)[C@@H](O)[C@H](O)[C@@H]3O[C@@H]3O[C@H](CO)[C@@H](O)[C@H](O)[C@H]3NC(C)=O)[C@@H](O[C@@H]3O[C@H](CO)[C@@H](O)[C@H](O)[C@H]3NC(C)=O)[C@H](O[C@H]3O[C@H](CO)[C@@H](O)[C@H](O)[C@@H]3O[C@@H]3O[C@H](CO)[C@@H](O)[C@H](O)[C@H]3NC(C)=O)[C@@H]2O)[C@@H]1O. The van der Waals surface area contributed by atoms with Crippen molar-refractivity contribution in [1.82, 2.24) is 26.6 Å². The molecule has 9 fully saturated rings. The fourth-order valence-corrected chi connectivity index (χ4v) is 14.7. The van der Waals surface area contributed by atoms with Crippen molar-refractivity contribution in [2.75, 3.05) is 52.9 Å². The van der Waals surface area contributed by atoms with Gasteiger partial charge in [0.05, 0.1) is 59.0 Å². The lowest BCUT2D eigenvalue weighted by molar-refractivity contribution is -0.407. The molecule has 0 aromatic rings. The molecule has 45 atom stereocenters. The van der Waals surface area contributed by atoms with Gasteiger partial charge in [-0.15, -0.1) is 0 Å². The molecule has 50 nitrogen and oxygen atoms in total. The molecule has 658 valence electrons. The quantitative estimate of drug-likeness (QED) is 0.0331. The Morgan fingerprint density at radius 3 is 0.947 bits per heavy atom. The first-order chi connectivity index (χ1) is 53.8. The molecule has 0 aromatic carbocycles. The molecule has 9 aliphatic heterocycles. The lowest BCUT2D eigenvalue weighted by Gasteiger charge is -2.52. The standard InChI is InChI=1S/C64H107N5O45/c1-15-34(81)45(92)48(95)61(100-15)98-13-27-51(43(90)29(56(97)101-27)65-16(2)76)109-60-33(69-20(6)80)44(91)50(26(12-75)107-60)110-62-49(96)53(112-64-55(47(94)39(86)25(11-74)106-64)114-59-32(68-19(5)79)42(89)37(84)23(9-72)104-59)52(111-57-30(66-17(3)77)40(87)35(82)21(7-70)102-57)28(108-62)14-99-63-54(46(93)38(85)24(10-73)105-63)113-58-31(67-18(4)78)41(88)36(83)22(8-71)103-58/h15,21-64,70-75,81-97H,7-14H2,1-6H3,(H,65,76)(H,66,77)(H,67,78)(H,68,79)(H,69,80)/t15-,21+,22+,23+,24+,25+,26+,27+,28+,29+,30+,31+,32+,33+,34+,35+,36+,37+,38+,39+,40+,41+,42+,43+,44+,45+,46-,47-,48-,49-,50+,51+,52+,53+,54-,55-,56?,57-,58-,59-,60-,61+,62-,63-,64+/m0/s1. The van der Waals surface area contributed by atoms with Gasteiger partial charge >= 0.3 is 0 Å². The number of carbonyl (C=O) groups excluding carboxylic acids is 5. The zero-order valence-corrected chi connectivity index (χ0v) is 61.9. The van der Waals surface area contributed by atoms with Gasteiger partial charge in [-0.1, -0.05) is 0 Å². The number of aliphatic hydroxyl groups is 23. The molecular weight excluding hydrogens is 1560 g/mol. The van der Waals surface area contributed by atoms with E-state index in [9.17, 15) is 141 Å². The molecule has 0 aromatic heterocycles. The van der Waals surface area contributed by atoms with Crippen molar-refractivity contribution in [1.29, 1.82) is 0 Å². The highest BCUT2D eigenvalue weighted by Crippen LogP contribution is 2.41. The lowest BCUT2D eigenvalue weighted by atomic mass is 9.93. The number of amides is 5. The van der Waals surface area contributed by atoms with Crippen molar-refractivity contribution in [3.05, 3.63) is 0 Å².